The number of amides is 1. The lowest BCUT2D eigenvalue weighted by atomic mass is 9.62. The fourth-order valence-electron chi connectivity index (χ4n) is 4.24. The lowest BCUT2D eigenvalue weighted by molar-refractivity contribution is -0.149. The molecule has 0 spiro atoms. The molecule has 0 aromatic heterocycles. The summed E-state index contributed by atoms with van der Waals surface area (Å²) in [5.74, 6) is -2.20. The predicted molar refractivity (Wildman–Crippen MR) is 111 cm³/mol. The van der Waals surface area contributed by atoms with Crippen LogP contribution in [0.25, 0.3) is 0 Å². The highest BCUT2D eigenvalue weighted by Gasteiger charge is 2.46. The molecular formula is C24H26F5NO2. The highest BCUT2D eigenvalue weighted by atomic mass is 19.4. The molecule has 1 N–H and O–H groups in total. The largest absolute Gasteiger partial charge is 0.398 e. The molecule has 1 saturated carbocycles. The summed E-state index contributed by atoms with van der Waals surface area (Å²) in [6.45, 7) is 3.33. The van der Waals surface area contributed by atoms with Gasteiger partial charge in [0.15, 0.2) is 0 Å². The van der Waals surface area contributed by atoms with E-state index in [4.69, 9.17) is 4.74 Å². The van der Waals surface area contributed by atoms with E-state index in [1.54, 1.807) is 6.92 Å². The van der Waals surface area contributed by atoms with Gasteiger partial charge in [0.2, 0.25) is 5.91 Å². The number of alkyl halides is 5. The Hall–Kier alpha value is -2.48. The number of hydrogen-bond acceptors (Lipinski definition) is 2. The van der Waals surface area contributed by atoms with Gasteiger partial charge < -0.3 is 10.1 Å². The van der Waals surface area contributed by atoms with Crippen LogP contribution in [0.5, 0.6) is 0 Å². The van der Waals surface area contributed by atoms with Gasteiger partial charge in [-0.2, -0.15) is 13.2 Å². The number of carbonyl (C=O) groups is 1. The molecule has 3 nitrogen and oxygen atoms in total. The fourth-order valence-corrected chi connectivity index (χ4v) is 4.24. The van der Waals surface area contributed by atoms with E-state index in [1.807, 2.05) is 30.3 Å². The standard InChI is InChI=1S/C24H26F5NO2/c1-15(17-8-9-20(24(27,28)29)11-18(10-17)22(25)26)32-14-23(19-6-4-3-5-7-19)12-21(13-23)30-16(2)31/h3-11,15,20-22H,12-14H2,1-2H3,(H,30,31). The third kappa shape index (κ3) is 5.65. The van der Waals surface area contributed by atoms with Crippen LogP contribution in [0.4, 0.5) is 22.0 Å². The van der Waals surface area contributed by atoms with Crippen LogP contribution in [-0.2, 0) is 14.9 Å². The molecular weight excluding hydrogens is 429 g/mol. The van der Waals surface area contributed by atoms with Crippen LogP contribution < -0.4 is 5.32 Å². The molecule has 2 unspecified atom stereocenters. The van der Waals surface area contributed by atoms with Crippen molar-refractivity contribution in [2.45, 2.75) is 56.9 Å². The van der Waals surface area contributed by atoms with Gasteiger partial charge in [0, 0.05) is 24.0 Å². The zero-order valence-corrected chi connectivity index (χ0v) is 17.8. The summed E-state index contributed by atoms with van der Waals surface area (Å²) >= 11 is 0. The zero-order valence-electron chi connectivity index (χ0n) is 17.8. The smallest absolute Gasteiger partial charge is 0.373 e. The Morgan fingerprint density at radius 2 is 1.84 bits per heavy atom. The molecule has 2 atom stereocenters. The summed E-state index contributed by atoms with van der Waals surface area (Å²) in [5, 5.41) is 2.89. The quantitative estimate of drug-likeness (QED) is 0.552. The maximum absolute atomic E-state index is 13.3. The summed E-state index contributed by atoms with van der Waals surface area (Å²) in [4.78, 5) is 11.4. The molecule has 1 aromatic carbocycles. The lowest BCUT2D eigenvalue weighted by Gasteiger charge is -2.48. The van der Waals surface area contributed by atoms with Gasteiger partial charge in [0.1, 0.15) is 0 Å². The van der Waals surface area contributed by atoms with E-state index in [0.29, 0.717) is 18.9 Å². The van der Waals surface area contributed by atoms with E-state index in [2.05, 4.69) is 5.32 Å². The van der Waals surface area contributed by atoms with Crippen LogP contribution in [-0.4, -0.2) is 37.3 Å². The first-order chi connectivity index (χ1) is 15.0. The molecule has 2 aliphatic carbocycles. The minimum atomic E-state index is -4.65. The number of benzene rings is 1. The topological polar surface area (TPSA) is 38.3 Å². The molecule has 1 fully saturated rings. The zero-order chi connectivity index (χ0) is 23.5. The number of nitrogens with one attached hydrogen (secondary N) is 1. The van der Waals surface area contributed by atoms with Crippen LogP contribution in [0.2, 0.25) is 0 Å². The summed E-state index contributed by atoms with van der Waals surface area (Å²) in [6, 6.07) is 9.63. The predicted octanol–water partition coefficient (Wildman–Crippen LogP) is 5.49. The van der Waals surface area contributed by atoms with E-state index >= 15 is 0 Å². The third-order valence-corrected chi connectivity index (χ3v) is 5.98. The molecule has 0 heterocycles. The third-order valence-electron chi connectivity index (χ3n) is 5.98. The van der Waals surface area contributed by atoms with Gasteiger partial charge in [-0.25, -0.2) is 8.78 Å². The minimum Gasteiger partial charge on any atom is -0.373 e. The summed E-state index contributed by atoms with van der Waals surface area (Å²) < 4.78 is 72.1. The van der Waals surface area contributed by atoms with Crippen LogP contribution in [0, 0.1) is 5.92 Å². The molecule has 1 aromatic rings. The monoisotopic (exact) mass is 455 g/mol. The fraction of sp³-hybridized carbons (Fsp3) is 0.458. The maximum Gasteiger partial charge on any atom is 0.398 e. The molecule has 1 amide bonds. The van der Waals surface area contributed by atoms with Crippen molar-refractivity contribution >= 4 is 5.91 Å². The van der Waals surface area contributed by atoms with Crippen LogP contribution >= 0.6 is 0 Å². The number of ether oxygens (including phenoxy) is 1. The Labute approximate surface area is 184 Å². The maximum atomic E-state index is 13.3. The van der Waals surface area contributed by atoms with Crippen LogP contribution in [0.15, 0.2) is 65.8 Å². The van der Waals surface area contributed by atoms with E-state index in [1.165, 1.54) is 13.0 Å². The molecule has 0 aliphatic heterocycles. The molecule has 2 aliphatic rings. The summed E-state index contributed by atoms with van der Waals surface area (Å²) in [6.07, 6.45) is -3.35. The number of carbonyl (C=O) groups excluding carboxylic acids is 1. The normalized spacial score (nSPS) is 26.6. The Morgan fingerprint density at radius 1 is 1.19 bits per heavy atom. The Morgan fingerprint density at radius 3 is 2.41 bits per heavy atom. The molecule has 8 heteroatoms. The van der Waals surface area contributed by atoms with Gasteiger partial charge in [0.05, 0.1) is 18.6 Å². The average Bonchev–Trinajstić information content (AvgIpc) is 2.93. The second kappa shape index (κ2) is 9.57. The molecule has 32 heavy (non-hydrogen) atoms. The first-order valence-electron chi connectivity index (χ1n) is 10.4. The minimum absolute atomic E-state index is 0.00418. The van der Waals surface area contributed by atoms with Crippen molar-refractivity contribution in [2.24, 2.45) is 5.92 Å². The van der Waals surface area contributed by atoms with E-state index in [-0.39, 0.29) is 29.5 Å². The van der Waals surface area contributed by atoms with Gasteiger partial charge >= 0.3 is 6.18 Å². The molecule has 0 radical (unpaired) electrons. The van der Waals surface area contributed by atoms with Crippen LogP contribution in [0.3, 0.4) is 0 Å². The van der Waals surface area contributed by atoms with Crippen molar-refractivity contribution in [2.75, 3.05) is 6.61 Å². The molecule has 0 bridgehead atoms. The second-order valence-corrected chi connectivity index (χ2v) is 8.44. The van der Waals surface area contributed by atoms with Crippen molar-refractivity contribution in [3.8, 4) is 0 Å². The van der Waals surface area contributed by atoms with Gasteiger partial charge in [-0.1, -0.05) is 48.6 Å². The van der Waals surface area contributed by atoms with E-state index in [0.717, 1.165) is 17.7 Å². The summed E-state index contributed by atoms with van der Waals surface area (Å²) in [5.41, 5.74) is 0.247. The lowest BCUT2D eigenvalue weighted by Crippen LogP contribution is -2.55. The Kier molecular flexibility index (Phi) is 7.22. The SMILES string of the molecule is CC(=O)NC1CC(COC(C)C2=CC(C(F)F)=CC(C(F)(F)F)C=C2)(c2ccccc2)C1. The van der Waals surface area contributed by atoms with Gasteiger partial charge in [-0.05, 0) is 37.0 Å². The van der Waals surface area contributed by atoms with Crippen molar-refractivity contribution in [1.29, 1.82) is 0 Å². The first-order valence-corrected chi connectivity index (χ1v) is 10.4. The van der Waals surface area contributed by atoms with Crippen molar-refractivity contribution < 1.29 is 31.5 Å². The first kappa shape index (κ1) is 24.2. The number of allylic oxidation sites excluding steroid dienone is 4. The average molecular weight is 455 g/mol. The highest BCUT2D eigenvalue weighted by molar-refractivity contribution is 5.73. The van der Waals surface area contributed by atoms with Crippen LogP contribution in [0.1, 0.15) is 32.3 Å². The highest BCUT2D eigenvalue weighted by Crippen LogP contribution is 2.44. The van der Waals surface area contributed by atoms with E-state index in [9.17, 15) is 26.7 Å². The van der Waals surface area contributed by atoms with Crippen molar-refractivity contribution in [3.05, 3.63) is 71.3 Å². The van der Waals surface area contributed by atoms with Crippen molar-refractivity contribution in [3.63, 3.8) is 0 Å². The molecule has 0 saturated heterocycles. The summed E-state index contributed by atoms with van der Waals surface area (Å²) in [7, 11) is 0. The molecule has 174 valence electrons. The number of hydrogen-bond donors (Lipinski definition) is 1. The van der Waals surface area contributed by atoms with Crippen molar-refractivity contribution in [1.82, 2.24) is 5.32 Å². The number of halogens is 5. The Balaban J connectivity index is 1.76. The van der Waals surface area contributed by atoms with Gasteiger partial charge in [-0.15, -0.1) is 0 Å². The number of rotatable bonds is 7. The van der Waals surface area contributed by atoms with Gasteiger partial charge in [0.25, 0.3) is 6.43 Å². The van der Waals surface area contributed by atoms with E-state index < -0.39 is 30.2 Å². The Bertz CT molecular complexity index is 899. The second-order valence-electron chi connectivity index (χ2n) is 8.44. The van der Waals surface area contributed by atoms with Gasteiger partial charge in [-0.3, -0.25) is 4.79 Å². The molecule has 3 rings (SSSR count).